The minimum absolute atomic E-state index is 0.119. The molecule has 0 spiro atoms. The van der Waals surface area contributed by atoms with Gasteiger partial charge in [0.2, 0.25) is 15.9 Å². The number of benzene rings is 1. The summed E-state index contributed by atoms with van der Waals surface area (Å²) in [5.74, 6) is 2.17. The largest absolute Gasteiger partial charge is 0.353 e. The zero-order chi connectivity index (χ0) is 22.6. The zero-order valence-electron chi connectivity index (χ0n) is 18.6. The summed E-state index contributed by atoms with van der Waals surface area (Å²) in [4.78, 5) is 26.2. The number of nitrogens with zero attached hydrogens (tertiary/aromatic N) is 4. The third-order valence-corrected chi connectivity index (χ3v) is 6.89. The van der Waals surface area contributed by atoms with Gasteiger partial charge in [-0.1, -0.05) is 26.0 Å². The van der Waals surface area contributed by atoms with Crippen molar-refractivity contribution in [1.29, 1.82) is 0 Å². The highest BCUT2D eigenvalue weighted by Crippen LogP contribution is 2.19. The number of anilines is 1. The fourth-order valence-corrected chi connectivity index (χ4v) is 4.27. The summed E-state index contributed by atoms with van der Waals surface area (Å²) in [6, 6.07) is 8.67. The van der Waals surface area contributed by atoms with Gasteiger partial charge in [0.15, 0.2) is 0 Å². The van der Waals surface area contributed by atoms with Crippen LogP contribution in [0.3, 0.4) is 0 Å². The van der Waals surface area contributed by atoms with Crippen LogP contribution in [-0.2, 0) is 21.2 Å². The van der Waals surface area contributed by atoms with Crippen LogP contribution in [0.25, 0.3) is 0 Å². The van der Waals surface area contributed by atoms with Gasteiger partial charge in [0.05, 0.1) is 4.90 Å². The average molecular weight is 446 g/mol. The smallest absolute Gasteiger partial charge is 0.240 e. The summed E-state index contributed by atoms with van der Waals surface area (Å²) in [6.07, 6.45) is 0.990. The fourth-order valence-electron chi connectivity index (χ4n) is 3.54. The van der Waals surface area contributed by atoms with Crippen LogP contribution >= 0.6 is 0 Å². The summed E-state index contributed by atoms with van der Waals surface area (Å²) in [6.45, 7) is 8.98. The Kier molecular flexibility index (Phi) is 7.27. The average Bonchev–Trinajstić information content (AvgIpc) is 2.77. The molecule has 0 radical (unpaired) electrons. The lowest BCUT2D eigenvalue weighted by molar-refractivity contribution is -0.131. The van der Waals surface area contributed by atoms with E-state index in [4.69, 9.17) is 4.98 Å². The van der Waals surface area contributed by atoms with Crippen LogP contribution in [0.2, 0.25) is 0 Å². The van der Waals surface area contributed by atoms with E-state index in [-0.39, 0.29) is 16.7 Å². The number of rotatable bonds is 7. The maximum absolute atomic E-state index is 12.7. The molecule has 3 rings (SSSR count). The first-order valence-electron chi connectivity index (χ1n) is 10.6. The lowest BCUT2D eigenvalue weighted by Crippen LogP contribution is -2.49. The first-order chi connectivity index (χ1) is 14.7. The molecule has 0 saturated carbocycles. The standard InChI is InChI=1S/C22H31N5O3S/c1-16(2)22-24-17(3)15-20(25-22)26-11-13-27(14-12-26)21(28)10-7-18-5-8-19(9-6-18)31(29,30)23-4/h5-6,8-9,15-16,23H,7,10-14H2,1-4H3. The molecule has 1 aliphatic heterocycles. The van der Waals surface area contributed by atoms with Gasteiger partial charge in [0.25, 0.3) is 0 Å². The van der Waals surface area contributed by atoms with Crippen LogP contribution in [0.4, 0.5) is 5.82 Å². The molecule has 1 aromatic carbocycles. The molecule has 31 heavy (non-hydrogen) atoms. The Bertz CT molecular complexity index is 1010. The number of sulfonamides is 1. The Hall–Kier alpha value is -2.52. The Morgan fingerprint density at radius 2 is 1.74 bits per heavy atom. The van der Waals surface area contributed by atoms with E-state index in [1.54, 1.807) is 24.3 Å². The Labute approximate surface area is 184 Å². The highest BCUT2D eigenvalue weighted by Gasteiger charge is 2.22. The maximum Gasteiger partial charge on any atom is 0.240 e. The van der Waals surface area contributed by atoms with Crippen LogP contribution in [0.5, 0.6) is 0 Å². The first-order valence-corrected chi connectivity index (χ1v) is 12.1. The SMILES string of the molecule is CNS(=O)(=O)c1ccc(CCC(=O)N2CCN(c3cc(C)nc(C(C)C)n3)CC2)cc1. The Balaban J connectivity index is 1.53. The number of hydrogen-bond acceptors (Lipinski definition) is 6. The molecule has 0 atom stereocenters. The lowest BCUT2D eigenvalue weighted by atomic mass is 10.1. The highest BCUT2D eigenvalue weighted by molar-refractivity contribution is 7.89. The van der Waals surface area contributed by atoms with E-state index in [2.05, 4.69) is 28.5 Å². The molecule has 1 N–H and O–H groups in total. The number of aromatic nitrogens is 2. The molecule has 1 amide bonds. The Morgan fingerprint density at radius 3 is 2.32 bits per heavy atom. The highest BCUT2D eigenvalue weighted by atomic mass is 32.2. The van der Waals surface area contributed by atoms with Gasteiger partial charge in [0.1, 0.15) is 11.6 Å². The molecule has 1 fully saturated rings. The van der Waals surface area contributed by atoms with Gasteiger partial charge in [-0.2, -0.15) is 0 Å². The van der Waals surface area contributed by atoms with E-state index < -0.39 is 10.0 Å². The zero-order valence-corrected chi connectivity index (χ0v) is 19.4. The summed E-state index contributed by atoms with van der Waals surface area (Å²) in [7, 11) is -2.06. The van der Waals surface area contributed by atoms with Crippen molar-refractivity contribution in [3.63, 3.8) is 0 Å². The van der Waals surface area contributed by atoms with Crippen LogP contribution in [0, 0.1) is 6.92 Å². The maximum atomic E-state index is 12.7. The first kappa shape index (κ1) is 23.1. The van der Waals surface area contributed by atoms with Crippen molar-refractivity contribution < 1.29 is 13.2 Å². The van der Waals surface area contributed by atoms with Crippen LogP contribution < -0.4 is 9.62 Å². The number of aryl methyl sites for hydroxylation is 2. The molecular formula is C22H31N5O3S. The summed E-state index contributed by atoms with van der Waals surface area (Å²) < 4.78 is 25.9. The number of amides is 1. The quantitative estimate of drug-likeness (QED) is 0.701. The molecule has 2 aromatic rings. The lowest BCUT2D eigenvalue weighted by Gasteiger charge is -2.35. The van der Waals surface area contributed by atoms with Crippen molar-refractivity contribution in [1.82, 2.24) is 19.6 Å². The van der Waals surface area contributed by atoms with Gasteiger partial charge in [-0.05, 0) is 38.1 Å². The van der Waals surface area contributed by atoms with Crippen molar-refractivity contribution in [2.45, 2.75) is 44.4 Å². The molecule has 9 heteroatoms. The minimum Gasteiger partial charge on any atom is -0.353 e. The number of carbonyl (C=O) groups is 1. The summed E-state index contributed by atoms with van der Waals surface area (Å²) in [5, 5.41) is 0. The van der Waals surface area contributed by atoms with E-state index in [0.717, 1.165) is 36.0 Å². The number of carbonyl (C=O) groups excluding carboxylic acids is 1. The fraction of sp³-hybridized carbons (Fsp3) is 0.500. The molecular weight excluding hydrogens is 414 g/mol. The predicted molar refractivity (Wildman–Crippen MR) is 121 cm³/mol. The topological polar surface area (TPSA) is 95.5 Å². The van der Waals surface area contributed by atoms with Gasteiger partial charge in [-0.15, -0.1) is 0 Å². The molecule has 1 aromatic heterocycles. The summed E-state index contributed by atoms with van der Waals surface area (Å²) in [5.41, 5.74) is 1.90. The van der Waals surface area contributed by atoms with E-state index in [9.17, 15) is 13.2 Å². The second-order valence-corrected chi connectivity index (χ2v) is 9.99. The number of piperazine rings is 1. The van der Waals surface area contributed by atoms with Crippen molar-refractivity contribution in [3.8, 4) is 0 Å². The van der Waals surface area contributed by atoms with Gasteiger partial charge >= 0.3 is 0 Å². The number of hydrogen-bond donors (Lipinski definition) is 1. The monoisotopic (exact) mass is 445 g/mol. The van der Waals surface area contributed by atoms with Crippen molar-refractivity contribution in [2.24, 2.45) is 0 Å². The van der Waals surface area contributed by atoms with E-state index in [0.29, 0.717) is 25.9 Å². The van der Waals surface area contributed by atoms with Gasteiger partial charge in [0, 0.05) is 50.3 Å². The Morgan fingerprint density at radius 1 is 1.10 bits per heavy atom. The third-order valence-electron chi connectivity index (χ3n) is 5.46. The van der Waals surface area contributed by atoms with Crippen LogP contribution in [-0.4, -0.2) is 62.4 Å². The second-order valence-electron chi connectivity index (χ2n) is 8.10. The van der Waals surface area contributed by atoms with Crippen molar-refractivity contribution >= 4 is 21.7 Å². The minimum atomic E-state index is -3.44. The molecule has 8 nitrogen and oxygen atoms in total. The molecule has 1 aliphatic rings. The van der Waals surface area contributed by atoms with Crippen LogP contribution in [0.1, 0.15) is 43.3 Å². The van der Waals surface area contributed by atoms with E-state index in [1.165, 1.54) is 7.05 Å². The molecule has 1 saturated heterocycles. The van der Waals surface area contributed by atoms with Gasteiger partial charge < -0.3 is 9.80 Å². The summed E-state index contributed by atoms with van der Waals surface area (Å²) >= 11 is 0. The normalized spacial score (nSPS) is 14.9. The third kappa shape index (κ3) is 5.80. The number of nitrogens with one attached hydrogen (secondary N) is 1. The van der Waals surface area contributed by atoms with Crippen molar-refractivity contribution in [3.05, 3.63) is 47.4 Å². The molecule has 0 bridgehead atoms. The van der Waals surface area contributed by atoms with E-state index in [1.807, 2.05) is 17.9 Å². The molecule has 2 heterocycles. The van der Waals surface area contributed by atoms with E-state index >= 15 is 0 Å². The molecule has 168 valence electrons. The van der Waals surface area contributed by atoms with Gasteiger partial charge in [-0.3, -0.25) is 4.79 Å². The molecule has 0 unspecified atom stereocenters. The predicted octanol–water partition coefficient (Wildman–Crippen LogP) is 2.10. The second kappa shape index (κ2) is 9.74. The van der Waals surface area contributed by atoms with Crippen molar-refractivity contribution in [2.75, 3.05) is 38.1 Å². The van der Waals surface area contributed by atoms with Gasteiger partial charge in [-0.25, -0.2) is 23.1 Å². The van der Waals surface area contributed by atoms with Crippen LogP contribution in [0.15, 0.2) is 35.2 Å². The molecule has 0 aliphatic carbocycles.